The lowest BCUT2D eigenvalue weighted by molar-refractivity contribution is -0.0679. The van der Waals surface area contributed by atoms with Crippen LogP contribution in [0.15, 0.2) is 4.99 Å². The summed E-state index contributed by atoms with van der Waals surface area (Å²) in [6.45, 7) is 11.5. The lowest BCUT2D eigenvalue weighted by atomic mass is 10.2. The Bertz CT molecular complexity index is 313. The van der Waals surface area contributed by atoms with Crippen molar-refractivity contribution in [3.63, 3.8) is 0 Å². The van der Waals surface area contributed by atoms with E-state index >= 15 is 0 Å². The highest BCUT2D eigenvalue weighted by Crippen LogP contribution is 2.18. The van der Waals surface area contributed by atoms with Crippen LogP contribution in [0.25, 0.3) is 0 Å². The van der Waals surface area contributed by atoms with E-state index in [0.29, 0.717) is 18.2 Å². The first-order chi connectivity index (χ1) is 9.67. The molecule has 2 fully saturated rings. The average molecular weight is 410 g/mol. The maximum atomic E-state index is 5.75. The van der Waals surface area contributed by atoms with Crippen molar-refractivity contribution in [1.82, 2.24) is 15.5 Å². The van der Waals surface area contributed by atoms with Crippen LogP contribution >= 0.6 is 24.0 Å². The van der Waals surface area contributed by atoms with Gasteiger partial charge in [-0.25, -0.2) is 0 Å². The van der Waals surface area contributed by atoms with Crippen LogP contribution in [-0.4, -0.2) is 61.8 Å². The Morgan fingerprint density at radius 1 is 1.24 bits per heavy atom. The Hall–Kier alpha value is -0.0800. The fourth-order valence-electron chi connectivity index (χ4n) is 2.69. The minimum atomic E-state index is 0. The van der Waals surface area contributed by atoms with Gasteiger partial charge in [-0.1, -0.05) is 0 Å². The highest BCUT2D eigenvalue weighted by Gasteiger charge is 2.22. The minimum absolute atomic E-state index is 0. The molecule has 1 aliphatic heterocycles. The molecule has 2 aliphatic rings. The van der Waals surface area contributed by atoms with Gasteiger partial charge in [0.05, 0.1) is 12.2 Å². The van der Waals surface area contributed by atoms with Crippen LogP contribution < -0.4 is 10.6 Å². The predicted octanol–water partition coefficient (Wildman–Crippen LogP) is 1.82. The van der Waals surface area contributed by atoms with Crippen LogP contribution in [0, 0.1) is 0 Å². The van der Waals surface area contributed by atoms with E-state index in [1.165, 1.54) is 12.8 Å². The summed E-state index contributed by atoms with van der Waals surface area (Å²) in [5.74, 6) is 0.985. The second-order valence-electron chi connectivity index (χ2n) is 6.05. The third-order valence-electron chi connectivity index (χ3n) is 3.66. The highest BCUT2D eigenvalue weighted by molar-refractivity contribution is 14.0. The summed E-state index contributed by atoms with van der Waals surface area (Å²) in [6.07, 6.45) is 4.40. The molecular formula is C15H31IN4O. The second-order valence-corrected chi connectivity index (χ2v) is 6.05. The first-order valence-electron chi connectivity index (χ1n) is 8.10. The Labute approximate surface area is 146 Å². The maximum Gasteiger partial charge on any atom is 0.191 e. The molecule has 124 valence electrons. The van der Waals surface area contributed by atoms with Crippen LogP contribution in [0.1, 0.15) is 40.0 Å². The van der Waals surface area contributed by atoms with Crippen molar-refractivity contribution >= 4 is 29.9 Å². The van der Waals surface area contributed by atoms with E-state index in [1.807, 2.05) is 0 Å². The summed E-state index contributed by atoms with van der Waals surface area (Å²) in [7, 11) is 0. The first-order valence-corrected chi connectivity index (χ1v) is 8.10. The van der Waals surface area contributed by atoms with Gasteiger partial charge in [0.25, 0.3) is 0 Å². The van der Waals surface area contributed by atoms with E-state index in [2.05, 4.69) is 41.3 Å². The second kappa shape index (κ2) is 9.84. The van der Waals surface area contributed by atoms with Gasteiger partial charge in [0.15, 0.2) is 5.96 Å². The zero-order chi connectivity index (χ0) is 14.4. The number of rotatable bonds is 6. The number of nitrogens with one attached hydrogen (secondary N) is 2. The fraction of sp³-hybridized carbons (Fsp3) is 0.933. The monoisotopic (exact) mass is 410 g/mol. The van der Waals surface area contributed by atoms with E-state index < -0.39 is 0 Å². The van der Waals surface area contributed by atoms with Gasteiger partial charge in [0, 0.05) is 38.8 Å². The minimum Gasteiger partial charge on any atom is -0.373 e. The van der Waals surface area contributed by atoms with Crippen molar-refractivity contribution < 1.29 is 4.74 Å². The molecule has 0 aromatic rings. The van der Waals surface area contributed by atoms with Gasteiger partial charge in [0.1, 0.15) is 0 Å². The third kappa shape index (κ3) is 7.65. The number of hydrogen-bond acceptors (Lipinski definition) is 3. The van der Waals surface area contributed by atoms with Crippen LogP contribution in [0.2, 0.25) is 0 Å². The number of nitrogens with zero attached hydrogens (tertiary/aromatic N) is 2. The van der Waals surface area contributed by atoms with E-state index in [9.17, 15) is 0 Å². The Morgan fingerprint density at radius 3 is 2.48 bits per heavy atom. The molecule has 2 unspecified atom stereocenters. The lowest BCUT2D eigenvalue weighted by Gasteiger charge is -2.35. The van der Waals surface area contributed by atoms with E-state index in [1.54, 1.807) is 0 Å². The molecule has 1 heterocycles. The molecule has 1 saturated carbocycles. The quantitative estimate of drug-likeness (QED) is 0.304. The molecule has 0 amide bonds. The molecule has 2 atom stereocenters. The Balaban J connectivity index is 0.00000220. The largest absolute Gasteiger partial charge is 0.373 e. The fourth-order valence-corrected chi connectivity index (χ4v) is 2.69. The number of guanidine groups is 1. The van der Waals surface area contributed by atoms with Gasteiger partial charge in [0.2, 0.25) is 0 Å². The van der Waals surface area contributed by atoms with E-state index in [4.69, 9.17) is 4.74 Å². The number of morpholine rings is 1. The van der Waals surface area contributed by atoms with Crippen LogP contribution in [-0.2, 0) is 4.74 Å². The Morgan fingerprint density at radius 2 is 1.90 bits per heavy atom. The molecule has 0 radical (unpaired) electrons. The zero-order valence-electron chi connectivity index (χ0n) is 13.6. The van der Waals surface area contributed by atoms with Gasteiger partial charge in [-0.15, -0.1) is 24.0 Å². The molecule has 6 heteroatoms. The lowest BCUT2D eigenvalue weighted by Crippen LogP contribution is -2.45. The topological polar surface area (TPSA) is 48.9 Å². The number of ether oxygens (including phenoxy) is 1. The Kier molecular flexibility index (Phi) is 8.89. The standard InChI is InChI=1S/C15H30N4O.HI/c1-4-16-15(18-14-6-7-14)17-8-5-9-19-10-12(2)20-13(3)11-19;/h12-14H,4-11H2,1-3H3,(H2,16,17,18);1H. The van der Waals surface area contributed by atoms with Gasteiger partial charge in [-0.2, -0.15) is 0 Å². The van der Waals surface area contributed by atoms with Crippen molar-refractivity contribution in [2.24, 2.45) is 4.99 Å². The molecule has 0 aromatic carbocycles. The van der Waals surface area contributed by atoms with Crippen LogP contribution in [0.5, 0.6) is 0 Å². The van der Waals surface area contributed by atoms with E-state index in [-0.39, 0.29) is 24.0 Å². The normalized spacial score (nSPS) is 27.1. The number of hydrogen-bond donors (Lipinski definition) is 2. The summed E-state index contributed by atoms with van der Waals surface area (Å²) in [5.41, 5.74) is 0. The number of halogens is 1. The third-order valence-corrected chi connectivity index (χ3v) is 3.66. The molecule has 0 aromatic heterocycles. The van der Waals surface area contributed by atoms with Gasteiger partial charge >= 0.3 is 0 Å². The SMILES string of the molecule is CCNC(=NCCCN1CC(C)OC(C)C1)NC1CC1.I. The number of aliphatic imine (C=N–C) groups is 1. The van der Waals surface area contributed by atoms with Crippen molar-refractivity contribution in [2.75, 3.05) is 32.7 Å². The van der Waals surface area contributed by atoms with Crippen molar-refractivity contribution in [3.8, 4) is 0 Å². The molecule has 2 rings (SSSR count). The average Bonchev–Trinajstić information content (AvgIpc) is 3.17. The van der Waals surface area contributed by atoms with Crippen molar-refractivity contribution in [3.05, 3.63) is 0 Å². The molecule has 0 spiro atoms. The summed E-state index contributed by atoms with van der Waals surface area (Å²) >= 11 is 0. The maximum absolute atomic E-state index is 5.75. The molecule has 1 saturated heterocycles. The van der Waals surface area contributed by atoms with Crippen LogP contribution in [0.3, 0.4) is 0 Å². The molecule has 5 nitrogen and oxygen atoms in total. The van der Waals surface area contributed by atoms with Crippen molar-refractivity contribution in [2.45, 2.75) is 58.3 Å². The molecule has 1 aliphatic carbocycles. The summed E-state index contributed by atoms with van der Waals surface area (Å²) < 4.78 is 5.75. The molecule has 2 N–H and O–H groups in total. The smallest absolute Gasteiger partial charge is 0.191 e. The zero-order valence-corrected chi connectivity index (χ0v) is 15.9. The first kappa shape index (κ1) is 19.0. The molecular weight excluding hydrogens is 379 g/mol. The molecule has 21 heavy (non-hydrogen) atoms. The van der Waals surface area contributed by atoms with Crippen molar-refractivity contribution in [1.29, 1.82) is 0 Å². The summed E-state index contributed by atoms with van der Waals surface area (Å²) in [6, 6.07) is 0.661. The molecule has 0 bridgehead atoms. The van der Waals surface area contributed by atoms with Crippen LogP contribution in [0.4, 0.5) is 0 Å². The van der Waals surface area contributed by atoms with Gasteiger partial charge < -0.3 is 15.4 Å². The van der Waals surface area contributed by atoms with Gasteiger partial charge in [-0.05, 0) is 40.0 Å². The summed E-state index contributed by atoms with van der Waals surface area (Å²) in [4.78, 5) is 7.15. The highest BCUT2D eigenvalue weighted by atomic mass is 127. The summed E-state index contributed by atoms with van der Waals surface area (Å²) in [5, 5.41) is 6.76. The van der Waals surface area contributed by atoms with E-state index in [0.717, 1.165) is 45.1 Å². The predicted molar refractivity (Wildman–Crippen MR) is 98.6 cm³/mol. The van der Waals surface area contributed by atoms with Gasteiger partial charge in [-0.3, -0.25) is 9.89 Å².